The van der Waals surface area contributed by atoms with Crippen LogP contribution in [-0.4, -0.2) is 13.1 Å². The Kier molecular flexibility index (Phi) is 15.0. The molecule has 0 aliphatic rings. The van der Waals surface area contributed by atoms with Crippen LogP contribution >= 0.6 is 0 Å². The van der Waals surface area contributed by atoms with E-state index in [2.05, 4.69) is 26.1 Å². The lowest BCUT2D eigenvalue weighted by atomic mass is 10.0. The maximum Gasteiger partial charge on any atom is -0.00232 e. The molecule has 0 aromatic rings. The van der Waals surface area contributed by atoms with Crippen molar-refractivity contribution in [2.45, 2.75) is 91.4 Å². The van der Waals surface area contributed by atoms with Gasteiger partial charge in [0.2, 0.25) is 0 Å². The van der Waals surface area contributed by atoms with Crippen molar-refractivity contribution in [2.24, 2.45) is 5.92 Å². The molecule has 0 radical (unpaired) electrons. The number of nitrogens with one attached hydrogen (secondary N) is 1. The Morgan fingerprint density at radius 1 is 0.722 bits per heavy atom. The van der Waals surface area contributed by atoms with Gasteiger partial charge >= 0.3 is 0 Å². The lowest BCUT2D eigenvalue weighted by molar-refractivity contribution is 0.450. The zero-order valence-corrected chi connectivity index (χ0v) is 13.3. The fourth-order valence-electron chi connectivity index (χ4n) is 2.43. The van der Waals surface area contributed by atoms with E-state index in [4.69, 9.17) is 0 Å². The fourth-order valence-corrected chi connectivity index (χ4v) is 2.43. The molecule has 1 atom stereocenters. The van der Waals surface area contributed by atoms with E-state index in [1.807, 2.05) is 0 Å². The molecular formula is C17H37N. The van der Waals surface area contributed by atoms with Crippen LogP contribution in [0.15, 0.2) is 0 Å². The average molecular weight is 255 g/mol. The van der Waals surface area contributed by atoms with Crippen molar-refractivity contribution >= 4 is 0 Å². The van der Waals surface area contributed by atoms with Crippen molar-refractivity contribution < 1.29 is 0 Å². The second-order valence-electron chi connectivity index (χ2n) is 5.93. The Balaban J connectivity index is 3.05. The largest absolute Gasteiger partial charge is 0.316 e. The molecule has 0 heterocycles. The smallest absolute Gasteiger partial charge is 0.00232 e. The average Bonchev–Trinajstić information content (AvgIpc) is 2.37. The maximum atomic E-state index is 3.52. The molecule has 0 aliphatic carbocycles. The summed E-state index contributed by atoms with van der Waals surface area (Å²) in [6.45, 7) is 9.30. The van der Waals surface area contributed by atoms with E-state index in [0.29, 0.717) is 0 Å². The maximum absolute atomic E-state index is 3.52. The van der Waals surface area contributed by atoms with E-state index in [1.54, 1.807) is 0 Å². The Hall–Kier alpha value is -0.0400. The van der Waals surface area contributed by atoms with Crippen molar-refractivity contribution in [1.29, 1.82) is 0 Å². The first-order valence-electron chi connectivity index (χ1n) is 8.52. The molecule has 0 aromatic heterocycles. The minimum atomic E-state index is 0.862. The molecular weight excluding hydrogens is 218 g/mol. The van der Waals surface area contributed by atoms with Gasteiger partial charge in [0.15, 0.2) is 0 Å². The first-order chi connectivity index (χ1) is 8.81. The summed E-state index contributed by atoms with van der Waals surface area (Å²) >= 11 is 0. The van der Waals surface area contributed by atoms with Crippen molar-refractivity contribution in [1.82, 2.24) is 5.32 Å². The third-order valence-electron chi connectivity index (χ3n) is 3.72. The highest BCUT2D eigenvalue weighted by molar-refractivity contribution is 4.57. The van der Waals surface area contributed by atoms with Crippen LogP contribution in [0.3, 0.4) is 0 Å². The van der Waals surface area contributed by atoms with E-state index >= 15 is 0 Å². The summed E-state index contributed by atoms with van der Waals surface area (Å²) in [4.78, 5) is 0. The van der Waals surface area contributed by atoms with Crippen LogP contribution in [0.25, 0.3) is 0 Å². The lowest BCUT2D eigenvalue weighted by Gasteiger charge is -2.11. The molecule has 18 heavy (non-hydrogen) atoms. The molecule has 1 unspecified atom stereocenters. The van der Waals surface area contributed by atoms with E-state index in [0.717, 1.165) is 5.92 Å². The van der Waals surface area contributed by atoms with Gasteiger partial charge in [-0.2, -0.15) is 0 Å². The standard InChI is InChI=1S/C17H37N/c1-4-6-7-8-9-10-11-12-13-14-17(3)16-18-15-5-2/h17-18H,4-16H2,1-3H3. The molecule has 0 aliphatic heterocycles. The van der Waals surface area contributed by atoms with Crippen molar-refractivity contribution in [3.05, 3.63) is 0 Å². The zero-order valence-electron chi connectivity index (χ0n) is 13.3. The predicted molar refractivity (Wildman–Crippen MR) is 84.2 cm³/mol. The van der Waals surface area contributed by atoms with Gasteiger partial charge in [-0.15, -0.1) is 0 Å². The molecule has 0 aromatic carbocycles. The molecule has 1 nitrogen and oxygen atoms in total. The van der Waals surface area contributed by atoms with Crippen molar-refractivity contribution in [2.75, 3.05) is 13.1 Å². The van der Waals surface area contributed by atoms with Gasteiger partial charge in [0, 0.05) is 0 Å². The lowest BCUT2D eigenvalue weighted by Crippen LogP contribution is -2.21. The van der Waals surface area contributed by atoms with Gasteiger partial charge in [-0.05, 0) is 31.8 Å². The van der Waals surface area contributed by atoms with Gasteiger partial charge in [-0.25, -0.2) is 0 Å². The van der Waals surface area contributed by atoms with Crippen LogP contribution in [0.2, 0.25) is 0 Å². The SMILES string of the molecule is CCCCCCCCCCCC(C)CNCCC. The monoisotopic (exact) mass is 255 g/mol. The second kappa shape index (κ2) is 15.0. The summed E-state index contributed by atoms with van der Waals surface area (Å²) in [5.74, 6) is 0.862. The van der Waals surface area contributed by atoms with Crippen LogP contribution in [0.4, 0.5) is 0 Å². The van der Waals surface area contributed by atoms with E-state index in [1.165, 1.54) is 83.7 Å². The Labute approximate surface area is 116 Å². The molecule has 0 fully saturated rings. The quantitative estimate of drug-likeness (QED) is 0.402. The summed E-state index contributed by atoms with van der Waals surface area (Å²) in [6, 6.07) is 0. The third kappa shape index (κ3) is 14.0. The molecule has 0 rings (SSSR count). The minimum Gasteiger partial charge on any atom is -0.316 e. The Bertz CT molecular complexity index is 145. The van der Waals surface area contributed by atoms with Crippen LogP contribution in [0.5, 0.6) is 0 Å². The number of hydrogen-bond donors (Lipinski definition) is 1. The summed E-state index contributed by atoms with van der Waals surface area (Å²) in [6.07, 6.45) is 15.7. The molecule has 0 bridgehead atoms. The molecule has 110 valence electrons. The highest BCUT2D eigenvalue weighted by Crippen LogP contribution is 2.13. The first-order valence-corrected chi connectivity index (χ1v) is 8.52. The molecule has 0 spiro atoms. The van der Waals surface area contributed by atoms with Gasteiger partial charge in [-0.3, -0.25) is 0 Å². The highest BCUT2D eigenvalue weighted by atomic mass is 14.8. The van der Waals surface area contributed by atoms with Gasteiger partial charge in [0.25, 0.3) is 0 Å². The van der Waals surface area contributed by atoms with Gasteiger partial charge in [0.05, 0.1) is 0 Å². The summed E-state index contributed by atoms with van der Waals surface area (Å²) < 4.78 is 0. The number of hydrogen-bond acceptors (Lipinski definition) is 1. The van der Waals surface area contributed by atoms with Crippen molar-refractivity contribution in [3.63, 3.8) is 0 Å². The number of rotatable bonds is 14. The molecule has 0 saturated carbocycles. The Morgan fingerprint density at radius 2 is 1.28 bits per heavy atom. The second-order valence-corrected chi connectivity index (χ2v) is 5.93. The van der Waals surface area contributed by atoms with Gasteiger partial charge in [0.1, 0.15) is 0 Å². The minimum absolute atomic E-state index is 0.862. The molecule has 1 heteroatoms. The predicted octanol–water partition coefficient (Wildman–Crippen LogP) is 5.54. The zero-order chi connectivity index (χ0) is 13.5. The van der Waals surface area contributed by atoms with E-state index in [-0.39, 0.29) is 0 Å². The normalized spacial score (nSPS) is 12.8. The summed E-state index contributed by atoms with van der Waals surface area (Å²) in [7, 11) is 0. The topological polar surface area (TPSA) is 12.0 Å². The third-order valence-corrected chi connectivity index (χ3v) is 3.72. The van der Waals surface area contributed by atoms with E-state index < -0.39 is 0 Å². The van der Waals surface area contributed by atoms with Crippen molar-refractivity contribution in [3.8, 4) is 0 Å². The summed E-state index contributed by atoms with van der Waals surface area (Å²) in [5, 5.41) is 3.52. The van der Waals surface area contributed by atoms with Crippen LogP contribution in [0, 0.1) is 5.92 Å². The molecule has 0 saturated heterocycles. The van der Waals surface area contributed by atoms with Crippen LogP contribution in [-0.2, 0) is 0 Å². The van der Waals surface area contributed by atoms with Gasteiger partial charge < -0.3 is 5.32 Å². The highest BCUT2D eigenvalue weighted by Gasteiger charge is 2.00. The first kappa shape index (κ1) is 18.0. The van der Waals surface area contributed by atoms with Gasteiger partial charge in [-0.1, -0.05) is 78.6 Å². The van der Waals surface area contributed by atoms with E-state index in [9.17, 15) is 0 Å². The fraction of sp³-hybridized carbons (Fsp3) is 1.00. The molecule has 0 amide bonds. The number of unbranched alkanes of at least 4 members (excludes halogenated alkanes) is 8. The Morgan fingerprint density at radius 3 is 1.83 bits per heavy atom. The van der Waals surface area contributed by atoms with Crippen LogP contribution in [0.1, 0.15) is 91.4 Å². The molecule has 1 N–H and O–H groups in total. The summed E-state index contributed by atoms with van der Waals surface area (Å²) in [5.41, 5.74) is 0. The van der Waals surface area contributed by atoms with Crippen LogP contribution < -0.4 is 5.32 Å².